The highest BCUT2D eigenvalue weighted by atomic mass is 16.5. The summed E-state index contributed by atoms with van der Waals surface area (Å²) in [5, 5.41) is 2.79. The van der Waals surface area contributed by atoms with Gasteiger partial charge in [0.25, 0.3) is 5.91 Å². The van der Waals surface area contributed by atoms with E-state index >= 15 is 0 Å². The average molecular weight is 393 g/mol. The van der Waals surface area contributed by atoms with Gasteiger partial charge in [-0.2, -0.15) is 0 Å². The van der Waals surface area contributed by atoms with Crippen LogP contribution in [0.5, 0.6) is 0 Å². The van der Waals surface area contributed by atoms with Crippen LogP contribution in [0.25, 0.3) is 0 Å². The van der Waals surface area contributed by atoms with Gasteiger partial charge in [0, 0.05) is 29.8 Å². The molecule has 1 amide bonds. The highest BCUT2D eigenvalue weighted by Gasteiger charge is 2.58. The lowest BCUT2D eigenvalue weighted by atomic mass is 9.98. The summed E-state index contributed by atoms with van der Waals surface area (Å²) in [5.74, 6) is -1.28. The van der Waals surface area contributed by atoms with Crippen molar-refractivity contribution in [2.24, 2.45) is 5.73 Å². The van der Waals surface area contributed by atoms with Crippen molar-refractivity contribution >= 4 is 17.5 Å². The first-order chi connectivity index (χ1) is 14.1. The van der Waals surface area contributed by atoms with Crippen molar-refractivity contribution < 1.29 is 19.1 Å². The number of ketones is 2. The number of rotatable bonds is 5. The van der Waals surface area contributed by atoms with Gasteiger partial charge in [-0.1, -0.05) is 42.5 Å². The largest absolute Gasteiger partial charge is 0.376 e. The second-order valence-corrected chi connectivity index (χ2v) is 7.25. The molecule has 0 spiro atoms. The number of carbonyl (C=O) groups excluding carboxylic acids is 3. The lowest BCUT2D eigenvalue weighted by molar-refractivity contribution is -0.0602. The van der Waals surface area contributed by atoms with Gasteiger partial charge in [-0.25, -0.2) is 0 Å². The summed E-state index contributed by atoms with van der Waals surface area (Å²) in [6.45, 7) is 1.47. The smallest absolute Gasteiger partial charge is 0.253 e. The number of nitrogens with two attached hydrogens (primary N) is 1. The van der Waals surface area contributed by atoms with Gasteiger partial charge in [0.05, 0.1) is 12.7 Å². The van der Waals surface area contributed by atoms with Crippen LogP contribution >= 0.6 is 0 Å². The average Bonchev–Trinajstić information content (AvgIpc) is 2.97. The predicted molar refractivity (Wildman–Crippen MR) is 107 cm³/mol. The molecule has 0 saturated carbocycles. The van der Waals surface area contributed by atoms with Gasteiger partial charge in [-0.15, -0.1) is 0 Å². The number of ether oxygens (including phenoxy) is 1. The van der Waals surface area contributed by atoms with Gasteiger partial charge in [-0.3, -0.25) is 19.3 Å². The van der Waals surface area contributed by atoms with E-state index < -0.39 is 23.1 Å². The standard InChI is InChI=1S/C22H23N3O4/c23-11-10-16-14-25(12-13-29-16)22(24-21(28)15-6-2-1-3-7-15)19(26)17-8-4-5-9-18(17)20(22)27/h1-9,16H,10-14,23H2,(H,24,28). The topological polar surface area (TPSA) is 102 Å². The molecule has 1 atom stereocenters. The van der Waals surface area contributed by atoms with Crippen LogP contribution in [0.15, 0.2) is 54.6 Å². The Morgan fingerprint density at radius 3 is 2.31 bits per heavy atom. The number of fused-ring (bicyclic) bond motifs is 1. The first kappa shape index (κ1) is 19.4. The molecular formula is C22H23N3O4. The van der Waals surface area contributed by atoms with Gasteiger partial charge in [-0.05, 0) is 25.1 Å². The molecule has 1 saturated heterocycles. The molecule has 0 radical (unpaired) electrons. The normalized spacial score (nSPS) is 21.1. The van der Waals surface area contributed by atoms with Crippen LogP contribution < -0.4 is 11.1 Å². The van der Waals surface area contributed by atoms with E-state index in [1.54, 1.807) is 59.5 Å². The highest BCUT2D eigenvalue weighted by molar-refractivity contribution is 6.33. The molecule has 1 heterocycles. The maximum absolute atomic E-state index is 13.5. The lowest BCUT2D eigenvalue weighted by Gasteiger charge is -2.43. The number of nitrogens with zero attached hydrogens (tertiary/aromatic N) is 1. The third-order valence-corrected chi connectivity index (χ3v) is 5.51. The molecule has 2 aliphatic rings. The van der Waals surface area contributed by atoms with Crippen LogP contribution in [0.2, 0.25) is 0 Å². The Balaban J connectivity index is 1.75. The van der Waals surface area contributed by atoms with E-state index in [0.717, 1.165) is 0 Å². The van der Waals surface area contributed by atoms with Crippen molar-refractivity contribution in [3.63, 3.8) is 0 Å². The summed E-state index contributed by atoms with van der Waals surface area (Å²) in [4.78, 5) is 41.8. The van der Waals surface area contributed by atoms with Crippen molar-refractivity contribution in [2.45, 2.75) is 18.2 Å². The Labute approximate surface area is 168 Å². The number of nitrogens with one attached hydrogen (secondary N) is 1. The molecule has 1 aliphatic heterocycles. The quantitative estimate of drug-likeness (QED) is 0.741. The van der Waals surface area contributed by atoms with Gasteiger partial charge in [0.2, 0.25) is 17.2 Å². The number of benzene rings is 2. The van der Waals surface area contributed by atoms with Crippen molar-refractivity contribution in [1.29, 1.82) is 0 Å². The van der Waals surface area contributed by atoms with Crippen molar-refractivity contribution in [3.05, 3.63) is 71.3 Å². The van der Waals surface area contributed by atoms with E-state index in [1.165, 1.54) is 0 Å². The number of hydrogen-bond acceptors (Lipinski definition) is 6. The van der Waals surface area contributed by atoms with Gasteiger partial charge in [0.1, 0.15) is 0 Å². The van der Waals surface area contributed by atoms with Crippen LogP contribution in [0.4, 0.5) is 0 Å². The van der Waals surface area contributed by atoms with Crippen molar-refractivity contribution in [1.82, 2.24) is 10.2 Å². The minimum absolute atomic E-state index is 0.205. The van der Waals surface area contributed by atoms with Gasteiger partial charge in [0.15, 0.2) is 0 Å². The molecule has 7 nitrogen and oxygen atoms in total. The molecule has 4 rings (SSSR count). The minimum atomic E-state index is -1.77. The zero-order valence-electron chi connectivity index (χ0n) is 16.0. The summed E-state index contributed by atoms with van der Waals surface area (Å²) in [6, 6.07) is 15.3. The maximum atomic E-state index is 13.5. The van der Waals surface area contributed by atoms with Crippen LogP contribution in [-0.2, 0) is 4.74 Å². The first-order valence-electron chi connectivity index (χ1n) is 9.71. The number of amides is 1. The third-order valence-electron chi connectivity index (χ3n) is 5.51. The van der Waals surface area contributed by atoms with Crippen LogP contribution in [0, 0.1) is 0 Å². The highest BCUT2D eigenvalue weighted by Crippen LogP contribution is 2.34. The zero-order valence-corrected chi connectivity index (χ0v) is 16.0. The van der Waals surface area contributed by atoms with Crippen molar-refractivity contribution in [2.75, 3.05) is 26.2 Å². The van der Waals surface area contributed by atoms with E-state index in [2.05, 4.69) is 5.32 Å². The number of hydrogen-bond donors (Lipinski definition) is 2. The summed E-state index contributed by atoms with van der Waals surface area (Å²) < 4.78 is 5.73. The van der Waals surface area contributed by atoms with E-state index in [4.69, 9.17) is 10.5 Å². The second-order valence-electron chi connectivity index (χ2n) is 7.25. The fraction of sp³-hybridized carbons (Fsp3) is 0.318. The predicted octanol–water partition coefficient (Wildman–Crippen LogP) is 1.24. The van der Waals surface area contributed by atoms with Crippen LogP contribution in [0.1, 0.15) is 37.5 Å². The van der Waals surface area contributed by atoms with E-state index in [9.17, 15) is 14.4 Å². The third kappa shape index (κ3) is 3.27. The molecule has 1 aliphatic carbocycles. The molecule has 1 unspecified atom stereocenters. The van der Waals surface area contributed by atoms with Gasteiger partial charge < -0.3 is 15.8 Å². The molecule has 29 heavy (non-hydrogen) atoms. The molecule has 2 aromatic rings. The van der Waals surface area contributed by atoms with Crippen molar-refractivity contribution in [3.8, 4) is 0 Å². The van der Waals surface area contributed by atoms with E-state index in [1.807, 2.05) is 0 Å². The Kier molecular flexibility index (Phi) is 5.27. The Morgan fingerprint density at radius 1 is 1.07 bits per heavy atom. The molecule has 0 aromatic heterocycles. The summed E-state index contributed by atoms with van der Waals surface area (Å²) in [7, 11) is 0. The Bertz CT molecular complexity index is 907. The fourth-order valence-electron chi connectivity index (χ4n) is 4.06. The van der Waals surface area contributed by atoms with Gasteiger partial charge >= 0.3 is 0 Å². The second kappa shape index (κ2) is 7.87. The summed E-state index contributed by atoms with van der Waals surface area (Å²) in [5.41, 5.74) is 4.94. The Morgan fingerprint density at radius 2 is 1.69 bits per heavy atom. The molecule has 1 fully saturated rings. The maximum Gasteiger partial charge on any atom is 0.253 e. The zero-order chi connectivity index (χ0) is 20.4. The monoisotopic (exact) mass is 393 g/mol. The van der Waals surface area contributed by atoms with Crippen LogP contribution in [0.3, 0.4) is 0 Å². The lowest BCUT2D eigenvalue weighted by Crippen LogP contribution is -2.70. The number of Topliss-reactive ketones (excluding diaryl/α,β-unsaturated/α-hetero) is 2. The summed E-state index contributed by atoms with van der Waals surface area (Å²) >= 11 is 0. The van der Waals surface area contributed by atoms with E-state index in [0.29, 0.717) is 49.4 Å². The molecular weight excluding hydrogens is 370 g/mol. The first-order valence-corrected chi connectivity index (χ1v) is 9.71. The number of carbonyl (C=O) groups is 3. The molecule has 2 aromatic carbocycles. The fourth-order valence-corrected chi connectivity index (χ4v) is 4.06. The molecule has 7 heteroatoms. The SMILES string of the molecule is NCCC1CN(C2(NC(=O)c3ccccc3)C(=O)c3ccccc3C2=O)CCO1. The van der Waals surface area contributed by atoms with Crippen LogP contribution in [-0.4, -0.2) is 60.4 Å². The minimum Gasteiger partial charge on any atom is -0.376 e. The molecule has 150 valence electrons. The van der Waals surface area contributed by atoms with E-state index in [-0.39, 0.29) is 6.10 Å². The molecule has 3 N–H and O–H groups in total. The Hall–Kier alpha value is -2.87. The number of morpholine rings is 1. The molecule has 0 bridgehead atoms. The summed E-state index contributed by atoms with van der Waals surface area (Å²) in [6.07, 6.45) is 0.401.